The fraction of sp³-hybridized carbons (Fsp3) is 0.718. The highest BCUT2D eigenvalue weighted by Crippen LogP contribution is 2.64. The second-order valence-electron chi connectivity index (χ2n) is 33.5. The molecule has 9 aliphatic carbocycles. The molecule has 0 bridgehead atoms. The number of nitrogens with zero attached hydrogens (tertiary/aromatic N) is 2. The molecule has 2 aromatic rings. The van der Waals surface area contributed by atoms with E-state index in [0.717, 1.165) is 24.3 Å². The molecule has 7 atom stereocenters. The van der Waals surface area contributed by atoms with E-state index in [1.54, 1.807) is 39.0 Å². The molecule has 5 saturated carbocycles. The molecule has 3 nitrogen and oxygen atoms in total. The highest BCUT2D eigenvalue weighted by Gasteiger charge is 2.59. The third-order valence-electron chi connectivity index (χ3n) is 25.4. The molecule has 11 aliphatic rings. The lowest BCUT2D eigenvalue weighted by atomic mass is 9.31. The van der Waals surface area contributed by atoms with Gasteiger partial charge in [-0.25, -0.2) is 0 Å². The van der Waals surface area contributed by atoms with Crippen molar-refractivity contribution in [3.8, 4) is 0 Å². The van der Waals surface area contributed by atoms with E-state index in [4.69, 9.17) is 4.42 Å². The number of rotatable bonds is 3. The molecule has 5 fully saturated rings. The molecule has 1 aromatic carbocycles. The van der Waals surface area contributed by atoms with Crippen molar-refractivity contribution >= 4 is 29.0 Å². The van der Waals surface area contributed by atoms with Crippen molar-refractivity contribution in [2.45, 2.75) is 256 Å². The molecule has 0 saturated heterocycles. The maximum Gasteiger partial charge on any atom is 0.292 e. The molecule has 4 heteroatoms. The van der Waals surface area contributed by atoms with E-state index in [-0.39, 0.29) is 45.2 Å². The van der Waals surface area contributed by atoms with Gasteiger partial charge in [-0.2, -0.15) is 0 Å². The largest absolute Gasteiger partial charge is 0.468 e. The van der Waals surface area contributed by atoms with Crippen LogP contribution >= 0.6 is 0 Å². The number of fused-ring (bicyclic) bond motifs is 9. The number of benzene rings is 1. The van der Waals surface area contributed by atoms with Gasteiger partial charge in [0, 0.05) is 34.6 Å². The lowest BCUT2D eigenvalue weighted by Gasteiger charge is -2.60. The van der Waals surface area contributed by atoms with Crippen LogP contribution in [0.4, 0.5) is 5.69 Å². The topological polar surface area (TPSA) is 19.6 Å². The molecule has 3 heterocycles. The molecule has 404 valence electrons. The fourth-order valence-corrected chi connectivity index (χ4v) is 19.7. The van der Waals surface area contributed by atoms with Gasteiger partial charge in [0.05, 0.1) is 11.3 Å². The van der Waals surface area contributed by atoms with Gasteiger partial charge in [-0.15, -0.1) is 0 Å². The highest BCUT2D eigenvalue weighted by molar-refractivity contribution is 6.88. The summed E-state index contributed by atoms with van der Waals surface area (Å²) in [6.07, 6.45) is 34.6. The normalized spacial score (nSPS) is 35.4. The number of furan rings is 1. The Balaban J connectivity index is 1.11. The average molecular weight is 1010 g/mol. The monoisotopic (exact) mass is 1010 g/mol. The van der Waals surface area contributed by atoms with Crippen LogP contribution in [0.2, 0.25) is 0 Å². The van der Waals surface area contributed by atoms with E-state index in [1.807, 2.05) is 0 Å². The summed E-state index contributed by atoms with van der Waals surface area (Å²) in [5.41, 5.74) is 21.7. The first-order valence-corrected chi connectivity index (χ1v) is 31.5. The van der Waals surface area contributed by atoms with Crippen molar-refractivity contribution in [3.05, 3.63) is 92.3 Å². The van der Waals surface area contributed by atoms with Gasteiger partial charge >= 0.3 is 0 Å². The first-order chi connectivity index (χ1) is 35.0. The van der Waals surface area contributed by atoms with E-state index in [1.165, 1.54) is 136 Å². The number of hydrogen-bond donors (Lipinski definition) is 0. The zero-order valence-corrected chi connectivity index (χ0v) is 50.7. The maximum absolute atomic E-state index is 7.99. The van der Waals surface area contributed by atoms with E-state index in [9.17, 15) is 0 Å². The Morgan fingerprint density at radius 2 is 1.19 bits per heavy atom. The van der Waals surface area contributed by atoms with Gasteiger partial charge in [0.15, 0.2) is 0 Å². The third-order valence-corrected chi connectivity index (χ3v) is 25.4. The van der Waals surface area contributed by atoms with Crippen LogP contribution in [0.1, 0.15) is 244 Å². The van der Waals surface area contributed by atoms with Crippen LogP contribution in [0.15, 0.2) is 85.6 Å². The first-order valence-electron chi connectivity index (χ1n) is 31.5. The van der Waals surface area contributed by atoms with Crippen LogP contribution in [0, 0.1) is 68.0 Å². The quantitative estimate of drug-likeness (QED) is 0.286. The van der Waals surface area contributed by atoms with Crippen LogP contribution < -0.4 is 10.6 Å². The molecule has 0 amide bonds. The molecule has 0 spiro atoms. The molecule has 13 rings (SSSR count). The Bertz CT molecular complexity index is 2940. The maximum atomic E-state index is 7.99. The Kier molecular flexibility index (Phi) is 11.3. The summed E-state index contributed by atoms with van der Waals surface area (Å²) in [5, 5.41) is 1.42. The van der Waals surface area contributed by atoms with E-state index < -0.39 is 0 Å². The van der Waals surface area contributed by atoms with Crippen molar-refractivity contribution in [3.63, 3.8) is 0 Å². The Morgan fingerprint density at radius 1 is 0.587 bits per heavy atom. The van der Waals surface area contributed by atoms with Crippen molar-refractivity contribution in [2.24, 2.45) is 68.0 Å². The minimum Gasteiger partial charge on any atom is -0.468 e. The standard InChI is InChI=1S/C71H101BN2O/c1-42-33-48-52(69(12,13)30-27-65(48,4)5)39-56(42)74-57-40-53-51(68(10,11)29-31-70(53,14)15)38-55(57)72-61-58(34-44(35-59(61)74)43-21-19-18-20-22-43)73(45-23-24-47-49(36-45)66(6,7)26-25-64(47,2)3)62-46-37-50-54(41-60(46)75-63(62)72)71(16,17)32-28-67(50,8)9/h33,35,37-39,41,43,45,47-49,52-53,58H,18-32,34,36,40H2,1-17H3. The Labute approximate surface area is 457 Å². The summed E-state index contributed by atoms with van der Waals surface area (Å²) in [5.74, 6) is 3.69. The van der Waals surface area contributed by atoms with Crippen LogP contribution in [0.25, 0.3) is 11.0 Å². The molecule has 0 N–H and O–H groups in total. The van der Waals surface area contributed by atoms with Crippen molar-refractivity contribution in [2.75, 3.05) is 4.90 Å². The second kappa shape index (κ2) is 16.5. The van der Waals surface area contributed by atoms with E-state index in [2.05, 4.69) is 164 Å². The highest BCUT2D eigenvalue weighted by atomic mass is 16.3. The molecular weight excluding hydrogens is 908 g/mol. The van der Waals surface area contributed by atoms with E-state index >= 15 is 0 Å². The van der Waals surface area contributed by atoms with Gasteiger partial charge in [-0.05, 0) is 228 Å². The van der Waals surface area contributed by atoms with Gasteiger partial charge in [-0.1, -0.05) is 159 Å². The minimum absolute atomic E-state index is 0.0964. The van der Waals surface area contributed by atoms with Gasteiger partial charge in [0.25, 0.3) is 6.71 Å². The predicted molar refractivity (Wildman–Crippen MR) is 318 cm³/mol. The molecular formula is C71H101BN2O. The van der Waals surface area contributed by atoms with Gasteiger partial charge in [0.2, 0.25) is 0 Å². The van der Waals surface area contributed by atoms with Crippen molar-refractivity contribution in [1.82, 2.24) is 4.90 Å². The first kappa shape index (κ1) is 51.3. The van der Waals surface area contributed by atoms with E-state index in [0.29, 0.717) is 46.5 Å². The zero-order valence-electron chi connectivity index (χ0n) is 50.7. The minimum atomic E-state index is 0.0964. The number of anilines is 1. The fourth-order valence-electron chi connectivity index (χ4n) is 19.7. The summed E-state index contributed by atoms with van der Waals surface area (Å²) in [4.78, 5) is 6.20. The smallest absolute Gasteiger partial charge is 0.292 e. The molecule has 75 heavy (non-hydrogen) atoms. The third kappa shape index (κ3) is 7.63. The van der Waals surface area contributed by atoms with Gasteiger partial charge in [0.1, 0.15) is 5.58 Å². The van der Waals surface area contributed by atoms with Crippen LogP contribution in [0.3, 0.4) is 0 Å². The van der Waals surface area contributed by atoms with Crippen LogP contribution in [-0.2, 0) is 10.8 Å². The van der Waals surface area contributed by atoms with Gasteiger partial charge in [-0.3, -0.25) is 0 Å². The summed E-state index contributed by atoms with van der Waals surface area (Å²) in [7, 11) is 0. The van der Waals surface area contributed by atoms with Crippen molar-refractivity contribution in [1.29, 1.82) is 0 Å². The van der Waals surface area contributed by atoms with Crippen molar-refractivity contribution < 1.29 is 4.42 Å². The molecule has 7 unspecified atom stereocenters. The summed E-state index contributed by atoms with van der Waals surface area (Å²) < 4.78 is 7.99. The lowest BCUT2D eigenvalue weighted by molar-refractivity contribution is -0.0500. The van der Waals surface area contributed by atoms with Crippen LogP contribution in [0.5, 0.6) is 0 Å². The average Bonchev–Trinajstić information content (AvgIpc) is 3.73. The predicted octanol–water partition coefficient (Wildman–Crippen LogP) is 18.8. The summed E-state index contributed by atoms with van der Waals surface area (Å²) in [6.45, 7) is 44.1. The van der Waals surface area contributed by atoms with Gasteiger partial charge < -0.3 is 14.2 Å². The lowest BCUT2D eigenvalue weighted by Crippen LogP contribution is -2.62. The number of hydrogen-bond acceptors (Lipinski definition) is 3. The molecule has 1 aromatic heterocycles. The summed E-state index contributed by atoms with van der Waals surface area (Å²) in [6, 6.07) is 6.07. The molecule has 0 radical (unpaired) electrons. The Hall–Kier alpha value is -3.14. The zero-order chi connectivity index (χ0) is 53.1. The number of allylic oxidation sites excluding steroid dienone is 8. The second-order valence-corrected chi connectivity index (χ2v) is 33.5. The Morgan fingerprint density at radius 3 is 1.87 bits per heavy atom. The van der Waals surface area contributed by atoms with Crippen LogP contribution in [-0.4, -0.2) is 23.7 Å². The summed E-state index contributed by atoms with van der Waals surface area (Å²) >= 11 is 0. The molecule has 2 aliphatic heterocycles. The SMILES string of the molecule is CC1=CC2C(C=C1N1C3=C4B(C5=C1CC1C(=C5)C(C)(C)CCC1(C)C)c1oc5cc6c(cc5c1N(C1CCC5C(C1)C(C)(C)CCC5(C)C)C4CC(C1CCCCC1)=C3)C(C)(C)CCC6(C)C)C(C)(C)CCC2(C)C.